The third kappa shape index (κ3) is 3.33. The molecule has 3 nitrogen and oxygen atoms in total. The average Bonchev–Trinajstić information content (AvgIpc) is 2.59. The molecule has 1 aromatic carbocycles. The molecule has 2 rings (SSSR count). The summed E-state index contributed by atoms with van der Waals surface area (Å²) in [5.41, 5.74) is -2.72. The van der Waals surface area contributed by atoms with Crippen LogP contribution in [0.3, 0.4) is 0 Å². The van der Waals surface area contributed by atoms with Gasteiger partial charge in [-0.15, -0.1) is 0 Å². The van der Waals surface area contributed by atoms with Crippen molar-refractivity contribution in [3.05, 3.63) is 23.5 Å². The van der Waals surface area contributed by atoms with Gasteiger partial charge in [-0.1, -0.05) is 0 Å². The van der Waals surface area contributed by atoms with Gasteiger partial charge >= 0.3 is 13.3 Å². The molecule has 1 aromatic rings. The average molecular weight is 334 g/mol. The fourth-order valence-corrected chi connectivity index (χ4v) is 2.22. The molecule has 0 aromatic heterocycles. The first-order valence-electron chi connectivity index (χ1n) is 7.28. The molecule has 0 radical (unpaired) electrons. The maximum absolute atomic E-state index is 14.1. The summed E-state index contributed by atoms with van der Waals surface area (Å²) in [6.45, 7) is 8.77. The first-order valence-corrected chi connectivity index (χ1v) is 7.28. The van der Waals surface area contributed by atoms with E-state index in [0.717, 1.165) is 6.07 Å². The minimum Gasteiger partial charge on any atom is -0.491 e. The van der Waals surface area contributed by atoms with E-state index in [1.54, 1.807) is 34.6 Å². The third-order valence-electron chi connectivity index (χ3n) is 4.20. The molecule has 0 unspecified atom stereocenters. The Bertz CT molecular complexity index is 583. The predicted octanol–water partition coefficient (Wildman–Crippen LogP) is 3.54. The Morgan fingerprint density at radius 3 is 2.04 bits per heavy atom. The van der Waals surface area contributed by atoms with Crippen LogP contribution in [0.25, 0.3) is 0 Å². The van der Waals surface area contributed by atoms with Crippen LogP contribution in [0.2, 0.25) is 0 Å². The Labute approximate surface area is 133 Å². The second kappa shape index (κ2) is 5.67. The first kappa shape index (κ1) is 18.1. The van der Waals surface area contributed by atoms with Crippen LogP contribution in [0, 0.1) is 5.82 Å². The van der Waals surface area contributed by atoms with E-state index in [2.05, 4.69) is 0 Å². The second-order valence-electron chi connectivity index (χ2n) is 6.40. The van der Waals surface area contributed by atoms with Crippen molar-refractivity contribution < 1.29 is 31.6 Å². The molecule has 128 valence electrons. The molecule has 8 heteroatoms. The van der Waals surface area contributed by atoms with Gasteiger partial charge in [0.25, 0.3) is 0 Å². The SMILES string of the molecule is CCOc1c(F)cc(C(F)(F)F)cc1B1OC(C)(C)C(C)(C)O1. The molecule has 0 bridgehead atoms. The van der Waals surface area contributed by atoms with E-state index in [1.807, 2.05) is 0 Å². The largest absolute Gasteiger partial charge is 0.498 e. The van der Waals surface area contributed by atoms with Gasteiger partial charge in [-0.3, -0.25) is 0 Å². The molecular formula is C15H19BF4O3. The summed E-state index contributed by atoms with van der Waals surface area (Å²) in [6.07, 6.45) is -4.68. The summed E-state index contributed by atoms with van der Waals surface area (Å²) in [6, 6.07) is 1.23. The molecule has 1 fully saturated rings. The first-order chi connectivity index (χ1) is 10.4. The van der Waals surface area contributed by atoms with Gasteiger partial charge in [-0.25, -0.2) is 4.39 Å². The van der Waals surface area contributed by atoms with Gasteiger partial charge in [0.1, 0.15) is 0 Å². The Kier molecular flexibility index (Phi) is 4.45. The normalized spacial score (nSPS) is 20.0. The van der Waals surface area contributed by atoms with Crippen molar-refractivity contribution in [2.75, 3.05) is 6.61 Å². The van der Waals surface area contributed by atoms with Crippen LogP contribution in [0.15, 0.2) is 12.1 Å². The molecular weight excluding hydrogens is 315 g/mol. The quantitative estimate of drug-likeness (QED) is 0.625. The summed E-state index contributed by atoms with van der Waals surface area (Å²) >= 11 is 0. The highest BCUT2D eigenvalue weighted by atomic mass is 19.4. The lowest BCUT2D eigenvalue weighted by atomic mass is 9.77. The van der Waals surface area contributed by atoms with Crippen LogP contribution in [-0.4, -0.2) is 24.9 Å². The van der Waals surface area contributed by atoms with E-state index < -0.39 is 35.9 Å². The minimum absolute atomic E-state index is 0.0992. The van der Waals surface area contributed by atoms with Crippen molar-refractivity contribution in [1.29, 1.82) is 0 Å². The van der Waals surface area contributed by atoms with Crippen LogP contribution < -0.4 is 10.2 Å². The highest BCUT2D eigenvalue weighted by Crippen LogP contribution is 2.38. The van der Waals surface area contributed by atoms with E-state index in [4.69, 9.17) is 14.0 Å². The summed E-state index contributed by atoms with van der Waals surface area (Å²) in [4.78, 5) is 0. The number of halogens is 4. The molecule has 1 aliphatic heterocycles. The summed E-state index contributed by atoms with van der Waals surface area (Å²) in [5.74, 6) is -1.37. The third-order valence-corrected chi connectivity index (χ3v) is 4.20. The fourth-order valence-electron chi connectivity index (χ4n) is 2.22. The Morgan fingerprint density at radius 2 is 1.61 bits per heavy atom. The lowest BCUT2D eigenvalue weighted by Crippen LogP contribution is -2.41. The van der Waals surface area contributed by atoms with E-state index in [0.29, 0.717) is 6.07 Å². The smallest absolute Gasteiger partial charge is 0.491 e. The molecule has 0 spiro atoms. The van der Waals surface area contributed by atoms with Gasteiger partial charge in [0.05, 0.1) is 23.4 Å². The van der Waals surface area contributed by atoms with E-state index in [-0.39, 0.29) is 17.8 Å². The van der Waals surface area contributed by atoms with Crippen molar-refractivity contribution in [2.45, 2.75) is 52.0 Å². The second-order valence-corrected chi connectivity index (χ2v) is 6.40. The highest BCUT2D eigenvalue weighted by molar-refractivity contribution is 6.63. The molecule has 0 N–H and O–H groups in total. The number of benzene rings is 1. The van der Waals surface area contributed by atoms with E-state index in [1.165, 1.54) is 0 Å². The van der Waals surface area contributed by atoms with Crippen LogP contribution in [0.4, 0.5) is 17.6 Å². The molecule has 1 aliphatic rings. The van der Waals surface area contributed by atoms with Gasteiger partial charge in [-0.2, -0.15) is 13.2 Å². The van der Waals surface area contributed by atoms with Crippen molar-refractivity contribution >= 4 is 12.6 Å². The number of hydrogen-bond donors (Lipinski definition) is 0. The van der Waals surface area contributed by atoms with Crippen LogP contribution in [-0.2, 0) is 15.5 Å². The molecule has 1 heterocycles. The zero-order chi connectivity index (χ0) is 17.6. The Balaban J connectivity index is 2.54. The summed E-state index contributed by atoms with van der Waals surface area (Å²) in [7, 11) is -1.14. The molecule has 0 atom stereocenters. The van der Waals surface area contributed by atoms with Gasteiger partial charge in [0.15, 0.2) is 11.6 Å². The van der Waals surface area contributed by atoms with Gasteiger partial charge in [0, 0.05) is 5.46 Å². The fraction of sp³-hybridized carbons (Fsp3) is 0.600. The van der Waals surface area contributed by atoms with Crippen LogP contribution in [0.5, 0.6) is 5.75 Å². The molecule has 0 saturated carbocycles. The maximum Gasteiger partial charge on any atom is 0.498 e. The summed E-state index contributed by atoms with van der Waals surface area (Å²) in [5, 5.41) is 0. The van der Waals surface area contributed by atoms with Crippen molar-refractivity contribution in [3.63, 3.8) is 0 Å². The summed E-state index contributed by atoms with van der Waals surface area (Å²) < 4.78 is 69.7. The topological polar surface area (TPSA) is 27.7 Å². The number of hydrogen-bond acceptors (Lipinski definition) is 3. The number of rotatable bonds is 3. The molecule has 0 aliphatic carbocycles. The zero-order valence-corrected chi connectivity index (χ0v) is 13.7. The zero-order valence-electron chi connectivity index (χ0n) is 13.7. The molecule has 23 heavy (non-hydrogen) atoms. The monoisotopic (exact) mass is 334 g/mol. The van der Waals surface area contributed by atoms with Gasteiger partial charge < -0.3 is 14.0 Å². The number of alkyl halides is 3. The van der Waals surface area contributed by atoms with Crippen LogP contribution in [0.1, 0.15) is 40.2 Å². The Hall–Kier alpha value is -1.28. The lowest BCUT2D eigenvalue weighted by molar-refractivity contribution is -0.137. The van der Waals surface area contributed by atoms with Crippen LogP contribution >= 0.6 is 0 Å². The van der Waals surface area contributed by atoms with Gasteiger partial charge in [0.2, 0.25) is 0 Å². The minimum atomic E-state index is -4.68. The van der Waals surface area contributed by atoms with Crippen molar-refractivity contribution in [3.8, 4) is 5.75 Å². The van der Waals surface area contributed by atoms with Gasteiger partial charge in [-0.05, 0) is 46.8 Å². The molecule has 1 saturated heterocycles. The maximum atomic E-state index is 14.1. The van der Waals surface area contributed by atoms with E-state index >= 15 is 0 Å². The molecule has 0 amide bonds. The number of ether oxygens (including phenoxy) is 1. The predicted molar refractivity (Wildman–Crippen MR) is 78.3 cm³/mol. The highest BCUT2D eigenvalue weighted by Gasteiger charge is 2.53. The standard InChI is InChI=1S/C15H19BF4O3/c1-6-21-12-10(7-9(8-11(12)17)15(18,19)20)16-22-13(2,3)14(4,5)23-16/h7-8H,6H2,1-5H3. The lowest BCUT2D eigenvalue weighted by Gasteiger charge is -2.32. The van der Waals surface area contributed by atoms with Crippen molar-refractivity contribution in [1.82, 2.24) is 0 Å². The van der Waals surface area contributed by atoms with Crippen molar-refractivity contribution in [2.24, 2.45) is 0 Å². The Morgan fingerprint density at radius 1 is 1.09 bits per heavy atom. The van der Waals surface area contributed by atoms with E-state index in [9.17, 15) is 17.6 Å².